The molecule has 0 amide bonds. The Hall–Kier alpha value is -2.23. The van der Waals surface area contributed by atoms with Crippen molar-refractivity contribution in [3.63, 3.8) is 0 Å². The zero-order valence-electron chi connectivity index (χ0n) is 16.9. The van der Waals surface area contributed by atoms with Gasteiger partial charge in [0.25, 0.3) is 5.56 Å². The summed E-state index contributed by atoms with van der Waals surface area (Å²) in [5.41, 5.74) is 3.65. The molecule has 0 saturated heterocycles. The molecule has 29 heavy (non-hydrogen) atoms. The van der Waals surface area contributed by atoms with Crippen molar-refractivity contribution in [1.82, 2.24) is 24.8 Å². The van der Waals surface area contributed by atoms with E-state index in [1.54, 1.807) is 23.7 Å². The number of nitrogens with zero attached hydrogens (tertiary/aromatic N) is 4. The molecule has 0 aliphatic heterocycles. The van der Waals surface area contributed by atoms with Gasteiger partial charge in [0.1, 0.15) is 5.01 Å². The van der Waals surface area contributed by atoms with Crippen molar-refractivity contribution in [1.29, 1.82) is 0 Å². The highest BCUT2D eigenvalue weighted by atomic mass is 32.2. The minimum atomic E-state index is -0.111. The summed E-state index contributed by atoms with van der Waals surface area (Å²) in [6.45, 7) is 3.55. The second kappa shape index (κ2) is 10.5. The van der Waals surface area contributed by atoms with Gasteiger partial charge in [-0.05, 0) is 38.7 Å². The number of aromatic amines is 1. The topological polar surface area (TPSA) is 86.8 Å². The third kappa shape index (κ3) is 6.95. The fraction of sp³-hybridized carbons (Fsp3) is 0.400. The number of aryl methyl sites for hydroxylation is 1. The minimum absolute atomic E-state index is 0.111. The Labute approximate surface area is 179 Å². The summed E-state index contributed by atoms with van der Waals surface area (Å²) >= 11 is 3.52. The van der Waals surface area contributed by atoms with Crippen LogP contribution in [-0.4, -0.2) is 51.2 Å². The highest BCUT2D eigenvalue weighted by molar-refractivity contribution is 7.98. The van der Waals surface area contributed by atoms with Crippen LogP contribution in [0.1, 0.15) is 27.5 Å². The lowest BCUT2D eigenvalue weighted by Gasteiger charge is -2.07. The van der Waals surface area contributed by atoms with Gasteiger partial charge < -0.3 is 10.2 Å². The molecule has 2 N–H and O–H groups in total. The summed E-state index contributed by atoms with van der Waals surface area (Å²) in [7, 11) is 4.10. The quantitative estimate of drug-likeness (QED) is 0.478. The van der Waals surface area contributed by atoms with Gasteiger partial charge in [-0.2, -0.15) is 11.8 Å². The van der Waals surface area contributed by atoms with E-state index in [2.05, 4.69) is 35.5 Å². The van der Waals surface area contributed by atoms with Crippen LogP contribution in [0.25, 0.3) is 0 Å². The number of nitrogens with one attached hydrogen (secondary N) is 2. The lowest BCUT2D eigenvalue weighted by molar-refractivity contribution is 0.401. The monoisotopic (exact) mass is 430 g/mol. The average Bonchev–Trinajstić information content (AvgIpc) is 3.10. The Kier molecular flexibility index (Phi) is 7.79. The third-order valence-electron chi connectivity index (χ3n) is 4.07. The number of thiazole rings is 1. The molecule has 0 fully saturated rings. The standard InChI is InChI=1S/C20H26N6OS2/c1-14-8-15(4-5-21-14)9-16-10-23-20(25-19(16)27)22-6-7-28-12-17-13-29-18(24-17)11-26(2)3/h4-5,8,10,13H,6-7,9,11-12H2,1-3H3,(H2,22,23,25,27). The van der Waals surface area contributed by atoms with Gasteiger partial charge in [0.2, 0.25) is 5.95 Å². The van der Waals surface area contributed by atoms with E-state index < -0.39 is 0 Å². The maximum absolute atomic E-state index is 12.3. The van der Waals surface area contributed by atoms with Crippen molar-refractivity contribution < 1.29 is 0 Å². The predicted octanol–water partition coefficient (Wildman–Crippen LogP) is 2.93. The Morgan fingerprint density at radius 1 is 1.31 bits per heavy atom. The van der Waals surface area contributed by atoms with Crippen molar-refractivity contribution in [2.75, 3.05) is 31.7 Å². The molecule has 9 heteroatoms. The normalized spacial score (nSPS) is 11.2. The number of hydrogen-bond acceptors (Lipinski definition) is 8. The lowest BCUT2D eigenvalue weighted by atomic mass is 10.1. The number of hydrogen-bond donors (Lipinski definition) is 2. The zero-order chi connectivity index (χ0) is 20.6. The summed E-state index contributed by atoms with van der Waals surface area (Å²) < 4.78 is 0. The number of rotatable bonds is 10. The van der Waals surface area contributed by atoms with Crippen LogP contribution in [0.5, 0.6) is 0 Å². The molecule has 0 aliphatic carbocycles. The molecule has 0 saturated carbocycles. The van der Waals surface area contributed by atoms with Gasteiger partial charge in [-0.1, -0.05) is 0 Å². The summed E-state index contributed by atoms with van der Waals surface area (Å²) in [5.74, 6) is 2.30. The highest BCUT2D eigenvalue weighted by Gasteiger charge is 2.06. The van der Waals surface area contributed by atoms with E-state index in [-0.39, 0.29) is 5.56 Å². The molecule has 0 unspecified atom stereocenters. The van der Waals surface area contributed by atoms with Crippen LogP contribution in [0.4, 0.5) is 5.95 Å². The van der Waals surface area contributed by atoms with Crippen LogP contribution in [0.15, 0.2) is 34.7 Å². The SMILES string of the molecule is Cc1cc(Cc2cnc(NCCSCc3csc(CN(C)C)n3)[nH]c2=O)ccn1. The first kappa shape index (κ1) is 21.5. The number of thioether (sulfide) groups is 1. The first-order valence-electron chi connectivity index (χ1n) is 9.39. The lowest BCUT2D eigenvalue weighted by Crippen LogP contribution is -2.18. The van der Waals surface area contributed by atoms with Crippen LogP contribution >= 0.6 is 23.1 Å². The summed E-state index contributed by atoms with van der Waals surface area (Å²) in [6, 6.07) is 3.90. The van der Waals surface area contributed by atoms with Crippen molar-refractivity contribution in [2.24, 2.45) is 0 Å². The second-order valence-electron chi connectivity index (χ2n) is 7.02. The first-order chi connectivity index (χ1) is 14.0. The van der Waals surface area contributed by atoms with E-state index in [4.69, 9.17) is 0 Å². The van der Waals surface area contributed by atoms with Crippen molar-refractivity contribution in [2.45, 2.75) is 25.6 Å². The third-order valence-corrected chi connectivity index (χ3v) is 5.94. The highest BCUT2D eigenvalue weighted by Crippen LogP contribution is 2.16. The molecule has 3 aromatic rings. The Morgan fingerprint density at radius 2 is 2.17 bits per heavy atom. The van der Waals surface area contributed by atoms with Gasteiger partial charge in [0, 0.05) is 60.0 Å². The number of H-pyrrole nitrogens is 1. The molecular weight excluding hydrogens is 404 g/mol. The van der Waals surface area contributed by atoms with E-state index in [9.17, 15) is 4.79 Å². The van der Waals surface area contributed by atoms with Gasteiger partial charge in [-0.25, -0.2) is 9.97 Å². The van der Waals surface area contributed by atoms with Crippen molar-refractivity contribution >= 4 is 29.0 Å². The molecule has 7 nitrogen and oxygen atoms in total. The van der Waals surface area contributed by atoms with Gasteiger partial charge in [0.05, 0.1) is 5.69 Å². The molecule has 3 heterocycles. The van der Waals surface area contributed by atoms with E-state index >= 15 is 0 Å². The Morgan fingerprint density at radius 3 is 2.93 bits per heavy atom. The average molecular weight is 431 g/mol. The van der Waals surface area contributed by atoms with E-state index in [0.717, 1.165) is 46.6 Å². The smallest absolute Gasteiger partial charge is 0.255 e. The molecule has 0 aliphatic rings. The molecule has 3 aromatic heterocycles. The maximum atomic E-state index is 12.3. The number of aromatic nitrogens is 4. The van der Waals surface area contributed by atoms with Gasteiger partial charge in [-0.15, -0.1) is 11.3 Å². The first-order valence-corrected chi connectivity index (χ1v) is 11.4. The van der Waals surface area contributed by atoms with E-state index in [0.29, 0.717) is 17.9 Å². The van der Waals surface area contributed by atoms with Gasteiger partial charge >= 0.3 is 0 Å². The summed E-state index contributed by atoms with van der Waals surface area (Å²) in [6.07, 6.45) is 3.95. The fourth-order valence-corrected chi connectivity index (χ4v) is 4.51. The molecule has 0 bridgehead atoms. The van der Waals surface area contributed by atoms with Crippen LogP contribution in [0, 0.1) is 6.92 Å². The molecule has 0 aromatic carbocycles. The minimum Gasteiger partial charge on any atom is -0.355 e. The van der Waals surface area contributed by atoms with Crippen molar-refractivity contribution in [3.05, 3.63) is 67.8 Å². The van der Waals surface area contributed by atoms with Crippen molar-refractivity contribution in [3.8, 4) is 0 Å². The largest absolute Gasteiger partial charge is 0.355 e. The molecule has 154 valence electrons. The van der Waals surface area contributed by atoms with Crippen LogP contribution in [0.2, 0.25) is 0 Å². The molecule has 0 spiro atoms. The second-order valence-corrected chi connectivity index (χ2v) is 9.07. The van der Waals surface area contributed by atoms with E-state index in [1.807, 2.05) is 44.9 Å². The molecule has 3 rings (SSSR count). The Balaban J connectivity index is 1.42. The molecular formula is C20H26N6OS2. The predicted molar refractivity (Wildman–Crippen MR) is 121 cm³/mol. The zero-order valence-corrected chi connectivity index (χ0v) is 18.6. The van der Waals surface area contributed by atoms with Gasteiger partial charge in [0.15, 0.2) is 0 Å². The van der Waals surface area contributed by atoms with Crippen LogP contribution in [-0.2, 0) is 18.7 Å². The number of pyridine rings is 1. The van der Waals surface area contributed by atoms with Gasteiger partial charge in [-0.3, -0.25) is 14.8 Å². The van der Waals surface area contributed by atoms with Crippen LogP contribution < -0.4 is 10.9 Å². The summed E-state index contributed by atoms with van der Waals surface area (Å²) in [4.78, 5) is 30.4. The number of anilines is 1. The summed E-state index contributed by atoms with van der Waals surface area (Å²) in [5, 5.41) is 6.45. The Bertz CT molecular complexity index is 985. The molecule has 0 radical (unpaired) electrons. The van der Waals surface area contributed by atoms with Crippen LogP contribution in [0.3, 0.4) is 0 Å². The van der Waals surface area contributed by atoms with E-state index in [1.165, 1.54) is 0 Å². The maximum Gasteiger partial charge on any atom is 0.255 e. The molecule has 0 atom stereocenters. The fourth-order valence-electron chi connectivity index (χ4n) is 2.75.